The number of carbonyl (C=O) groups excluding carboxylic acids is 1. The summed E-state index contributed by atoms with van der Waals surface area (Å²) in [6.45, 7) is 0. The summed E-state index contributed by atoms with van der Waals surface area (Å²) in [7, 11) is 0. The van der Waals surface area contributed by atoms with E-state index in [2.05, 4.69) is 15.8 Å². The highest BCUT2D eigenvalue weighted by molar-refractivity contribution is 6.32. The summed E-state index contributed by atoms with van der Waals surface area (Å²) in [6, 6.07) is 20.0. The Kier molecular flexibility index (Phi) is 5.51. The standard InChI is InChI=1S/C22H15Cl2N3O2/c23-15-11-16(25-21(28)10-9-14-5-1-3-7-19(14)24)13-17(12-15)26-22-18-6-2-4-8-20(18)29-27-22/h1-13H,(H,25,28)(H,26,27)/b10-9+. The van der Waals surface area contributed by atoms with Gasteiger partial charge in [-0.25, -0.2) is 0 Å². The van der Waals surface area contributed by atoms with E-state index in [0.29, 0.717) is 32.8 Å². The molecule has 7 heteroatoms. The molecule has 0 aliphatic heterocycles. The molecule has 0 saturated carbocycles. The van der Waals surface area contributed by atoms with E-state index in [4.69, 9.17) is 27.7 Å². The van der Waals surface area contributed by atoms with Crippen molar-refractivity contribution in [3.05, 3.63) is 88.4 Å². The highest BCUT2D eigenvalue weighted by Gasteiger charge is 2.09. The maximum atomic E-state index is 12.3. The van der Waals surface area contributed by atoms with Crippen LogP contribution < -0.4 is 10.6 Å². The molecular formula is C22H15Cl2N3O2. The van der Waals surface area contributed by atoms with E-state index in [0.717, 1.165) is 10.9 Å². The Hall–Kier alpha value is -3.28. The minimum absolute atomic E-state index is 0.301. The maximum absolute atomic E-state index is 12.3. The molecule has 0 radical (unpaired) electrons. The molecule has 1 heterocycles. The van der Waals surface area contributed by atoms with Crippen molar-refractivity contribution in [1.29, 1.82) is 0 Å². The van der Waals surface area contributed by atoms with Gasteiger partial charge in [0.2, 0.25) is 5.91 Å². The van der Waals surface area contributed by atoms with Gasteiger partial charge >= 0.3 is 0 Å². The van der Waals surface area contributed by atoms with Crippen LogP contribution in [0.4, 0.5) is 17.2 Å². The molecular weight excluding hydrogens is 409 g/mol. The normalized spacial score (nSPS) is 11.1. The van der Waals surface area contributed by atoms with Crippen LogP contribution in [-0.2, 0) is 4.79 Å². The van der Waals surface area contributed by atoms with Crippen LogP contribution in [-0.4, -0.2) is 11.1 Å². The van der Waals surface area contributed by atoms with E-state index in [1.165, 1.54) is 6.08 Å². The van der Waals surface area contributed by atoms with Crippen LogP contribution in [0.2, 0.25) is 10.0 Å². The van der Waals surface area contributed by atoms with Gasteiger partial charge in [-0.15, -0.1) is 0 Å². The van der Waals surface area contributed by atoms with Crippen molar-refractivity contribution in [2.75, 3.05) is 10.6 Å². The molecule has 1 amide bonds. The molecule has 0 fully saturated rings. The lowest BCUT2D eigenvalue weighted by Gasteiger charge is -2.08. The smallest absolute Gasteiger partial charge is 0.248 e. The molecule has 0 unspecified atom stereocenters. The zero-order valence-electron chi connectivity index (χ0n) is 15.0. The van der Waals surface area contributed by atoms with Crippen LogP contribution in [0.3, 0.4) is 0 Å². The van der Waals surface area contributed by atoms with Crippen LogP contribution in [0, 0.1) is 0 Å². The molecule has 4 rings (SSSR count). The lowest BCUT2D eigenvalue weighted by Crippen LogP contribution is -2.08. The third-order valence-corrected chi connectivity index (χ3v) is 4.69. The quantitative estimate of drug-likeness (QED) is 0.358. The average molecular weight is 424 g/mol. The summed E-state index contributed by atoms with van der Waals surface area (Å²) in [5.41, 5.74) is 2.65. The van der Waals surface area contributed by atoms with E-state index in [1.807, 2.05) is 42.5 Å². The first-order chi connectivity index (χ1) is 14.1. The number of anilines is 3. The fraction of sp³-hybridized carbons (Fsp3) is 0. The third kappa shape index (κ3) is 4.59. The largest absolute Gasteiger partial charge is 0.354 e. The highest BCUT2D eigenvalue weighted by atomic mass is 35.5. The van der Waals surface area contributed by atoms with Crippen molar-refractivity contribution >= 4 is 63.3 Å². The fourth-order valence-electron chi connectivity index (χ4n) is 2.81. The Morgan fingerprint density at radius 2 is 1.72 bits per heavy atom. The number of amides is 1. The second kappa shape index (κ2) is 8.39. The van der Waals surface area contributed by atoms with Gasteiger partial charge in [-0.2, -0.15) is 0 Å². The predicted molar refractivity (Wildman–Crippen MR) is 118 cm³/mol. The monoisotopic (exact) mass is 423 g/mol. The van der Waals surface area contributed by atoms with Crippen molar-refractivity contribution in [2.24, 2.45) is 0 Å². The van der Waals surface area contributed by atoms with Gasteiger partial charge in [0.25, 0.3) is 0 Å². The molecule has 29 heavy (non-hydrogen) atoms. The molecule has 0 aliphatic rings. The molecule has 0 aliphatic carbocycles. The first kappa shape index (κ1) is 19.1. The van der Waals surface area contributed by atoms with Crippen LogP contribution in [0.1, 0.15) is 5.56 Å². The number of benzene rings is 3. The number of fused-ring (bicyclic) bond motifs is 1. The summed E-state index contributed by atoms with van der Waals surface area (Å²) >= 11 is 12.3. The SMILES string of the molecule is O=C(/C=C/c1ccccc1Cl)Nc1cc(Cl)cc(Nc2noc3ccccc23)c1. The molecule has 2 N–H and O–H groups in total. The molecule has 4 aromatic rings. The first-order valence-corrected chi connectivity index (χ1v) is 9.50. The van der Waals surface area contributed by atoms with E-state index >= 15 is 0 Å². The van der Waals surface area contributed by atoms with Crippen LogP contribution in [0.25, 0.3) is 17.0 Å². The van der Waals surface area contributed by atoms with Gasteiger partial charge in [0.15, 0.2) is 11.4 Å². The van der Waals surface area contributed by atoms with Crippen LogP contribution >= 0.6 is 23.2 Å². The molecule has 5 nitrogen and oxygen atoms in total. The summed E-state index contributed by atoms with van der Waals surface area (Å²) < 4.78 is 5.29. The molecule has 0 spiro atoms. The van der Waals surface area contributed by atoms with Gasteiger partial charge in [-0.1, -0.05) is 58.7 Å². The van der Waals surface area contributed by atoms with Gasteiger partial charge in [0.1, 0.15) is 0 Å². The Labute approximate surface area is 176 Å². The minimum atomic E-state index is -0.301. The summed E-state index contributed by atoms with van der Waals surface area (Å²) in [6.07, 6.45) is 3.07. The Morgan fingerprint density at radius 1 is 0.966 bits per heavy atom. The number of hydrogen-bond donors (Lipinski definition) is 2. The lowest BCUT2D eigenvalue weighted by molar-refractivity contribution is -0.111. The fourth-order valence-corrected chi connectivity index (χ4v) is 3.24. The Bertz CT molecular complexity index is 1220. The molecule has 3 aromatic carbocycles. The zero-order chi connectivity index (χ0) is 20.2. The molecule has 0 bridgehead atoms. The van der Waals surface area contributed by atoms with Crippen molar-refractivity contribution < 1.29 is 9.32 Å². The van der Waals surface area contributed by atoms with E-state index < -0.39 is 0 Å². The van der Waals surface area contributed by atoms with Crippen molar-refractivity contribution in [2.45, 2.75) is 0 Å². The maximum Gasteiger partial charge on any atom is 0.248 e. The van der Waals surface area contributed by atoms with Gasteiger partial charge in [-0.05, 0) is 48.0 Å². The first-order valence-electron chi connectivity index (χ1n) is 8.74. The second-order valence-electron chi connectivity index (χ2n) is 6.23. The van der Waals surface area contributed by atoms with E-state index in [9.17, 15) is 4.79 Å². The van der Waals surface area contributed by atoms with Crippen molar-refractivity contribution in [3.8, 4) is 0 Å². The number of carbonyl (C=O) groups is 1. The number of aromatic nitrogens is 1. The van der Waals surface area contributed by atoms with E-state index in [1.54, 1.807) is 30.3 Å². The van der Waals surface area contributed by atoms with Crippen molar-refractivity contribution in [3.63, 3.8) is 0 Å². The summed E-state index contributed by atoms with van der Waals surface area (Å²) in [5.74, 6) is 0.267. The molecule has 1 aromatic heterocycles. The molecule has 0 atom stereocenters. The Morgan fingerprint density at radius 3 is 2.59 bits per heavy atom. The molecule has 144 valence electrons. The number of nitrogens with zero attached hydrogens (tertiary/aromatic N) is 1. The van der Waals surface area contributed by atoms with Gasteiger partial charge in [0, 0.05) is 27.5 Å². The van der Waals surface area contributed by atoms with E-state index in [-0.39, 0.29) is 5.91 Å². The van der Waals surface area contributed by atoms with Gasteiger partial charge in [0.05, 0.1) is 5.39 Å². The van der Waals surface area contributed by atoms with Crippen LogP contribution in [0.15, 0.2) is 77.3 Å². The van der Waals surface area contributed by atoms with Gasteiger partial charge in [-0.3, -0.25) is 4.79 Å². The number of hydrogen-bond acceptors (Lipinski definition) is 4. The second-order valence-corrected chi connectivity index (χ2v) is 7.07. The summed E-state index contributed by atoms with van der Waals surface area (Å²) in [4.78, 5) is 12.3. The number of rotatable bonds is 5. The zero-order valence-corrected chi connectivity index (χ0v) is 16.5. The van der Waals surface area contributed by atoms with Crippen LogP contribution in [0.5, 0.6) is 0 Å². The minimum Gasteiger partial charge on any atom is -0.354 e. The number of halogens is 2. The third-order valence-electron chi connectivity index (χ3n) is 4.13. The van der Waals surface area contributed by atoms with Gasteiger partial charge < -0.3 is 15.2 Å². The highest BCUT2D eigenvalue weighted by Crippen LogP contribution is 2.29. The topological polar surface area (TPSA) is 67.2 Å². The van der Waals surface area contributed by atoms with Crippen molar-refractivity contribution in [1.82, 2.24) is 5.16 Å². The Balaban J connectivity index is 1.51. The average Bonchev–Trinajstić information content (AvgIpc) is 3.10. The number of para-hydroxylation sites is 1. The lowest BCUT2D eigenvalue weighted by atomic mass is 10.2. The molecule has 0 saturated heterocycles. The number of nitrogens with one attached hydrogen (secondary N) is 2. The summed E-state index contributed by atoms with van der Waals surface area (Å²) in [5, 5.41) is 11.9. The predicted octanol–water partition coefficient (Wildman–Crippen LogP) is 6.53.